The molecule has 1 saturated carbocycles. The minimum absolute atomic E-state index is 0.551. The number of ether oxygens (including phenoxy) is 1. The third-order valence-electron chi connectivity index (χ3n) is 3.02. The molecule has 0 aromatic rings. The summed E-state index contributed by atoms with van der Waals surface area (Å²) in [6.07, 6.45) is 13.8. The predicted molar refractivity (Wildman–Crippen MR) is 61.0 cm³/mol. The summed E-state index contributed by atoms with van der Waals surface area (Å²) in [5.41, 5.74) is 0. The van der Waals surface area contributed by atoms with Gasteiger partial charge in [0.05, 0.1) is 12.7 Å². The Morgan fingerprint density at radius 2 is 1.86 bits per heavy atom. The lowest BCUT2D eigenvalue weighted by atomic mass is 9.98. The Balaban J connectivity index is 1.82. The molecule has 14 heavy (non-hydrogen) atoms. The zero-order chi connectivity index (χ0) is 10.1. The summed E-state index contributed by atoms with van der Waals surface area (Å²) in [7, 11) is 0. The van der Waals surface area contributed by atoms with E-state index in [1.807, 2.05) is 0 Å². The maximum atomic E-state index is 5.74. The van der Waals surface area contributed by atoms with Crippen molar-refractivity contribution in [2.24, 2.45) is 0 Å². The van der Waals surface area contributed by atoms with Crippen LogP contribution in [0.1, 0.15) is 71.1 Å². The van der Waals surface area contributed by atoms with E-state index in [1.165, 1.54) is 57.8 Å². The highest BCUT2D eigenvalue weighted by Gasteiger charge is 2.12. The standard InChI is InChI=1S/C13H25O/c1-2-3-4-5-9-12-14-13-10-7-6-8-11-13/h12-13H,2-11H2,1H3. The smallest absolute Gasteiger partial charge is 0.0840 e. The van der Waals surface area contributed by atoms with Gasteiger partial charge >= 0.3 is 0 Å². The lowest BCUT2D eigenvalue weighted by molar-refractivity contribution is 0.0687. The van der Waals surface area contributed by atoms with E-state index >= 15 is 0 Å². The summed E-state index contributed by atoms with van der Waals surface area (Å²) < 4.78 is 5.74. The van der Waals surface area contributed by atoms with Crippen molar-refractivity contribution >= 4 is 0 Å². The van der Waals surface area contributed by atoms with E-state index in [0.717, 1.165) is 6.42 Å². The topological polar surface area (TPSA) is 9.23 Å². The van der Waals surface area contributed by atoms with Crippen LogP contribution in [0.4, 0.5) is 0 Å². The molecule has 1 fully saturated rings. The van der Waals surface area contributed by atoms with E-state index < -0.39 is 0 Å². The maximum absolute atomic E-state index is 5.74. The summed E-state index contributed by atoms with van der Waals surface area (Å²) in [4.78, 5) is 0. The van der Waals surface area contributed by atoms with E-state index in [2.05, 4.69) is 13.5 Å². The molecule has 0 unspecified atom stereocenters. The van der Waals surface area contributed by atoms with Gasteiger partial charge in [0.25, 0.3) is 0 Å². The van der Waals surface area contributed by atoms with Crippen LogP contribution >= 0.6 is 0 Å². The van der Waals surface area contributed by atoms with Gasteiger partial charge in [-0.05, 0) is 19.3 Å². The molecule has 0 amide bonds. The van der Waals surface area contributed by atoms with Crippen LogP contribution in [0.25, 0.3) is 0 Å². The molecule has 0 aliphatic heterocycles. The van der Waals surface area contributed by atoms with Gasteiger partial charge < -0.3 is 4.74 Å². The Bertz CT molecular complexity index is 116. The minimum atomic E-state index is 0.551. The van der Waals surface area contributed by atoms with Crippen molar-refractivity contribution in [2.75, 3.05) is 0 Å². The highest BCUT2D eigenvalue weighted by atomic mass is 16.5. The molecule has 1 radical (unpaired) electrons. The Kier molecular flexibility index (Phi) is 7.12. The molecule has 83 valence electrons. The van der Waals surface area contributed by atoms with Crippen LogP contribution in [0.3, 0.4) is 0 Å². The average Bonchev–Trinajstić information content (AvgIpc) is 2.25. The highest BCUT2D eigenvalue weighted by molar-refractivity contribution is 4.67. The van der Waals surface area contributed by atoms with E-state index in [-0.39, 0.29) is 0 Å². The fraction of sp³-hybridized carbons (Fsp3) is 0.923. The molecular weight excluding hydrogens is 172 g/mol. The van der Waals surface area contributed by atoms with Gasteiger partial charge in [0.2, 0.25) is 0 Å². The molecule has 1 nitrogen and oxygen atoms in total. The number of unbranched alkanes of at least 4 members (excludes halogenated alkanes) is 4. The fourth-order valence-corrected chi connectivity index (χ4v) is 2.06. The normalized spacial score (nSPS) is 18.6. The molecule has 0 heterocycles. The molecule has 1 aliphatic carbocycles. The summed E-state index contributed by atoms with van der Waals surface area (Å²) in [6, 6.07) is 0. The van der Waals surface area contributed by atoms with Crippen LogP contribution in [0.15, 0.2) is 0 Å². The quantitative estimate of drug-likeness (QED) is 0.547. The molecule has 0 saturated heterocycles. The van der Waals surface area contributed by atoms with Gasteiger partial charge in [-0.2, -0.15) is 0 Å². The van der Waals surface area contributed by atoms with E-state index in [9.17, 15) is 0 Å². The molecular formula is C13H25O. The first kappa shape index (κ1) is 12.0. The molecule has 0 N–H and O–H groups in total. The van der Waals surface area contributed by atoms with Crippen molar-refractivity contribution < 1.29 is 4.74 Å². The van der Waals surface area contributed by atoms with Crippen molar-refractivity contribution in [3.63, 3.8) is 0 Å². The lowest BCUT2D eigenvalue weighted by Gasteiger charge is -2.21. The predicted octanol–water partition coefficient (Wildman–Crippen LogP) is 4.47. The number of hydrogen-bond donors (Lipinski definition) is 0. The summed E-state index contributed by atoms with van der Waals surface area (Å²) in [5, 5.41) is 0. The molecule has 1 rings (SSSR count). The molecule has 0 bridgehead atoms. The Hall–Kier alpha value is -0.0400. The van der Waals surface area contributed by atoms with Crippen molar-refractivity contribution in [1.82, 2.24) is 0 Å². The van der Waals surface area contributed by atoms with Gasteiger partial charge in [0.1, 0.15) is 0 Å². The van der Waals surface area contributed by atoms with Crippen molar-refractivity contribution in [2.45, 2.75) is 77.2 Å². The number of hydrogen-bond acceptors (Lipinski definition) is 1. The molecule has 0 atom stereocenters. The lowest BCUT2D eigenvalue weighted by Crippen LogP contribution is -2.15. The molecule has 1 aliphatic rings. The van der Waals surface area contributed by atoms with Gasteiger partial charge in [-0.3, -0.25) is 0 Å². The van der Waals surface area contributed by atoms with Gasteiger partial charge in [0, 0.05) is 0 Å². The van der Waals surface area contributed by atoms with E-state index in [1.54, 1.807) is 0 Å². The van der Waals surface area contributed by atoms with Crippen LogP contribution in [0.5, 0.6) is 0 Å². The zero-order valence-electron chi connectivity index (χ0n) is 9.63. The fourth-order valence-electron chi connectivity index (χ4n) is 2.06. The van der Waals surface area contributed by atoms with Crippen molar-refractivity contribution in [3.8, 4) is 0 Å². The minimum Gasteiger partial charge on any atom is -0.372 e. The molecule has 0 spiro atoms. The maximum Gasteiger partial charge on any atom is 0.0840 e. The second-order valence-electron chi connectivity index (χ2n) is 4.41. The van der Waals surface area contributed by atoms with Crippen LogP contribution in [-0.2, 0) is 4.74 Å². The Morgan fingerprint density at radius 3 is 2.57 bits per heavy atom. The second-order valence-corrected chi connectivity index (χ2v) is 4.41. The first-order valence-corrected chi connectivity index (χ1v) is 6.40. The zero-order valence-corrected chi connectivity index (χ0v) is 9.63. The Morgan fingerprint density at radius 1 is 1.07 bits per heavy atom. The first-order chi connectivity index (χ1) is 6.93. The molecule has 0 aromatic heterocycles. The van der Waals surface area contributed by atoms with Gasteiger partial charge in [-0.15, -0.1) is 0 Å². The number of rotatable bonds is 7. The van der Waals surface area contributed by atoms with Crippen molar-refractivity contribution in [3.05, 3.63) is 6.61 Å². The third kappa shape index (κ3) is 5.64. The van der Waals surface area contributed by atoms with Gasteiger partial charge in [-0.25, -0.2) is 0 Å². The largest absolute Gasteiger partial charge is 0.372 e. The van der Waals surface area contributed by atoms with Crippen LogP contribution in [0, 0.1) is 6.61 Å². The average molecular weight is 197 g/mol. The summed E-state index contributed by atoms with van der Waals surface area (Å²) in [6.45, 7) is 4.31. The molecule has 1 heteroatoms. The van der Waals surface area contributed by atoms with Crippen LogP contribution in [0.2, 0.25) is 0 Å². The Labute approximate surface area is 89.2 Å². The van der Waals surface area contributed by atoms with Gasteiger partial charge in [0.15, 0.2) is 0 Å². The first-order valence-electron chi connectivity index (χ1n) is 6.40. The van der Waals surface area contributed by atoms with E-state index in [4.69, 9.17) is 4.74 Å². The summed E-state index contributed by atoms with van der Waals surface area (Å²) in [5.74, 6) is 0. The van der Waals surface area contributed by atoms with Crippen LogP contribution < -0.4 is 0 Å². The van der Waals surface area contributed by atoms with Crippen LogP contribution in [-0.4, -0.2) is 6.10 Å². The SMILES string of the molecule is CCCCCC[CH]OC1CCCCC1. The third-order valence-corrected chi connectivity index (χ3v) is 3.02. The molecule has 0 aromatic carbocycles. The van der Waals surface area contributed by atoms with E-state index in [0.29, 0.717) is 6.10 Å². The monoisotopic (exact) mass is 197 g/mol. The summed E-state index contributed by atoms with van der Waals surface area (Å²) >= 11 is 0. The second kappa shape index (κ2) is 8.28. The highest BCUT2D eigenvalue weighted by Crippen LogP contribution is 2.21. The van der Waals surface area contributed by atoms with Gasteiger partial charge in [-0.1, -0.05) is 51.9 Å². The van der Waals surface area contributed by atoms with Crippen molar-refractivity contribution in [1.29, 1.82) is 0 Å².